The Labute approximate surface area is 129 Å². The van der Waals surface area contributed by atoms with E-state index in [0.29, 0.717) is 24.3 Å². The van der Waals surface area contributed by atoms with Crippen LogP contribution < -0.4 is 11.1 Å². The molecule has 0 aliphatic carbocycles. The van der Waals surface area contributed by atoms with E-state index >= 15 is 0 Å². The summed E-state index contributed by atoms with van der Waals surface area (Å²) in [5.74, 6) is 0.383. The van der Waals surface area contributed by atoms with E-state index in [2.05, 4.69) is 15.4 Å². The van der Waals surface area contributed by atoms with Gasteiger partial charge < -0.3 is 11.1 Å². The molecule has 2 heterocycles. The molecule has 0 bridgehead atoms. The molecule has 2 aromatic rings. The molecule has 0 aliphatic rings. The monoisotopic (exact) mass is 317 g/mol. The second-order valence-corrected chi connectivity index (χ2v) is 4.04. The van der Waals surface area contributed by atoms with Crippen molar-refractivity contribution < 1.29 is 4.79 Å². The largest absolute Gasteiger partial charge is 0.384 e. The van der Waals surface area contributed by atoms with E-state index < -0.39 is 0 Å². The van der Waals surface area contributed by atoms with E-state index in [0.717, 1.165) is 5.56 Å². The summed E-state index contributed by atoms with van der Waals surface area (Å²) in [5, 5.41) is 6.81. The zero-order valence-electron chi connectivity index (χ0n) is 10.9. The molecule has 0 fully saturated rings. The summed E-state index contributed by atoms with van der Waals surface area (Å²) in [6.45, 7) is 0. The Morgan fingerprint density at radius 1 is 1.35 bits per heavy atom. The van der Waals surface area contributed by atoms with Gasteiger partial charge in [-0.2, -0.15) is 5.10 Å². The van der Waals surface area contributed by atoms with Gasteiger partial charge in [0.05, 0.1) is 18.1 Å². The van der Waals surface area contributed by atoms with Gasteiger partial charge in [-0.05, 0) is 24.1 Å². The highest BCUT2D eigenvalue weighted by Crippen LogP contribution is 2.08. The van der Waals surface area contributed by atoms with Crippen LogP contribution in [0.2, 0.25) is 0 Å². The number of nitrogens with zero attached hydrogens (tertiary/aromatic N) is 3. The highest BCUT2D eigenvalue weighted by Gasteiger charge is 2.04. The zero-order chi connectivity index (χ0) is 13.0. The molecule has 0 saturated heterocycles. The molecule has 8 heteroatoms. The van der Waals surface area contributed by atoms with Crippen molar-refractivity contribution in [3.8, 4) is 0 Å². The van der Waals surface area contributed by atoms with Crippen LogP contribution in [0.25, 0.3) is 0 Å². The lowest BCUT2D eigenvalue weighted by Crippen LogP contribution is -2.12. The number of aryl methyl sites for hydroxylation is 2. The van der Waals surface area contributed by atoms with Crippen LogP contribution in [-0.4, -0.2) is 20.7 Å². The van der Waals surface area contributed by atoms with Crippen molar-refractivity contribution in [2.45, 2.75) is 12.8 Å². The highest BCUT2D eigenvalue weighted by atomic mass is 35.5. The summed E-state index contributed by atoms with van der Waals surface area (Å²) in [5.41, 5.74) is 7.16. The van der Waals surface area contributed by atoms with Crippen molar-refractivity contribution in [2.24, 2.45) is 7.05 Å². The van der Waals surface area contributed by atoms with Gasteiger partial charge in [0, 0.05) is 19.7 Å². The van der Waals surface area contributed by atoms with E-state index in [1.807, 2.05) is 13.2 Å². The number of amides is 1. The molecular formula is C12H17Cl2N5O. The van der Waals surface area contributed by atoms with Gasteiger partial charge in [-0.3, -0.25) is 9.48 Å². The predicted molar refractivity (Wildman–Crippen MR) is 83.3 cm³/mol. The first-order valence-corrected chi connectivity index (χ1v) is 5.62. The van der Waals surface area contributed by atoms with E-state index in [1.165, 1.54) is 6.20 Å². The van der Waals surface area contributed by atoms with Crippen LogP contribution in [0.4, 0.5) is 11.5 Å². The van der Waals surface area contributed by atoms with Crippen molar-refractivity contribution in [3.05, 3.63) is 36.3 Å². The molecule has 0 aliphatic heterocycles. The standard InChI is InChI=1S/C12H15N5O.2ClH/c1-17-8-9(6-15-17)2-5-12(18)16-10-3-4-11(13)14-7-10;;/h3-4,6-8H,2,5H2,1H3,(H2,13,14)(H,16,18);2*1H. The van der Waals surface area contributed by atoms with Gasteiger partial charge in [0.2, 0.25) is 5.91 Å². The quantitative estimate of drug-likeness (QED) is 0.900. The summed E-state index contributed by atoms with van der Waals surface area (Å²) >= 11 is 0. The fraction of sp³-hybridized carbons (Fsp3) is 0.250. The molecule has 3 N–H and O–H groups in total. The molecule has 20 heavy (non-hydrogen) atoms. The van der Waals surface area contributed by atoms with Crippen LogP contribution >= 0.6 is 24.8 Å². The number of anilines is 2. The lowest BCUT2D eigenvalue weighted by Gasteiger charge is -2.04. The summed E-state index contributed by atoms with van der Waals surface area (Å²) in [7, 11) is 1.85. The maximum atomic E-state index is 11.7. The van der Waals surface area contributed by atoms with Crippen molar-refractivity contribution in [3.63, 3.8) is 0 Å². The van der Waals surface area contributed by atoms with Crippen molar-refractivity contribution >= 4 is 42.2 Å². The molecule has 2 rings (SSSR count). The maximum Gasteiger partial charge on any atom is 0.224 e. The average molecular weight is 318 g/mol. The van der Waals surface area contributed by atoms with Gasteiger partial charge in [-0.15, -0.1) is 24.8 Å². The summed E-state index contributed by atoms with van der Waals surface area (Å²) in [6, 6.07) is 3.38. The number of aromatic nitrogens is 3. The molecule has 0 aromatic carbocycles. The van der Waals surface area contributed by atoms with Crippen LogP contribution in [0.5, 0.6) is 0 Å². The first kappa shape index (κ1) is 18.2. The normalized spacial score (nSPS) is 9.25. The van der Waals surface area contributed by atoms with Gasteiger partial charge in [0.25, 0.3) is 0 Å². The van der Waals surface area contributed by atoms with E-state index in [4.69, 9.17) is 5.73 Å². The predicted octanol–water partition coefficient (Wildman–Crippen LogP) is 1.81. The number of hydrogen-bond acceptors (Lipinski definition) is 4. The van der Waals surface area contributed by atoms with Gasteiger partial charge in [0.15, 0.2) is 0 Å². The van der Waals surface area contributed by atoms with Crippen LogP contribution in [0, 0.1) is 0 Å². The second-order valence-electron chi connectivity index (χ2n) is 4.04. The van der Waals surface area contributed by atoms with E-state index in [9.17, 15) is 4.79 Å². The summed E-state index contributed by atoms with van der Waals surface area (Å²) in [6.07, 6.45) is 6.28. The summed E-state index contributed by atoms with van der Waals surface area (Å²) in [4.78, 5) is 15.6. The van der Waals surface area contributed by atoms with Crippen LogP contribution in [0.15, 0.2) is 30.7 Å². The first-order chi connectivity index (χ1) is 8.63. The molecule has 0 atom stereocenters. The Morgan fingerprint density at radius 3 is 2.65 bits per heavy atom. The third kappa shape index (κ3) is 5.46. The Bertz CT molecular complexity index is 541. The number of rotatable bonds is 4. The fourth-order valence-electron chi connectivity index (χ4n) is 1.56. The lowest BCUT2D eigenvalue weighted by molar-refractivity contribution is -0.116. The Kier molecular flexibility index (Phi) is 7.64. The smallest absolute Gasteiger partial charge is 0.224 e. The van der Waals surface area contributed by atoms with Gasteiger partial charge in [0.1, 0.15) is 5.82 Å². The Balaban J connectivity index is 0.00000180. The number of nitrogens with one attached hydrogen (secondary N) is 1. The molecular weight excluding hydrogens is 301 g/mol. The molecule has 0 unspecified atom stereocenters. The third-order valence-corrected chi connectivity index (χ3v) is 2.47. The van der Waals surface area contributed by atoms with E-state index in [-0.39, 0.29) is 30.7 Å². The van der Waals surface area contributed by atoms with Gasteiger partial charge >= 0.3 is 0 Å². The number of pyridine rings is 1. The Morgan fingerprint density at radius 2 is 2.10 bits per heavy atom. The Hall–Kier alpha value is -1.79. The minimum absolute atomic E-state index is 0. The van der Waals surface area contributed by atoms with Gasteiger partial charge in [-0.1, -0.05) is 0 Å². The molecule has 0 saturated carbocycles. The van der Waals surface area contributed by atoms with Gasteiger partial charge in [-0.25, -0.2) is 4.98 Å². The summed E-state index contributed by atoms with van der Waals surface area (Å²) < 4.78 is 1.72. The fourth-order valence-corrected chi connectivity index (χ4v) is 1.56. The van der Waals surface area contributed by atoms with Crippen molar-refractivity contribution in [2.75, 3.05) is 11.1 Å². The van der Waals surface area contributed by atoms with Crippen LogP contribution in [0.1, 0.15) is 12.0 Å². The van der Waals surface area contributed by atoms with Crippen LogP contribution in [-0.2, 0) is 18.3 Å². The molecule has 110 valence electrons. The third-order valence-electron chi connectivity index (χ3n) is 2.47. The van der Waals surface area contributed by atoms with E-state index in [1.54, 1.807) is 23.0 Å². The molecule has 6 nitrogen and oxygen atoms in total. The second kappa shape index (κ2) is 8.39. The molecule has 0 radical (unpaired) electrons. The highest BCUT2D eigenvalue weighted by molar-refractivity contribution is 5.90. The maximum absolute atomic E-state index is 11.7. The van der Waals surface area contributed by atoms with Crippen molar-refractivity contribution in [1.82, 2.24) is 14.8 Å². The van der Waals surface area contributed by atoms with Crippen LogP contribution in [0.3, 0.4) is 0 Å². The number of carbonyl (C=O) groups excluding carboxylic acids is 1. The molecule has 1 amide bonds. The first-order valence-electron chi connectivity index (χ1n) is 5.62. The number of nitrogen functional groups attached to an aromatic ring is 1. The number of carbonyl (C=O) groups is 1. The zero-order valence-corrected chi connectivity index (χ0v) is 12.6. The SMILES string of the molecule is Cl.Cl.Cn1cc(CCC(=O)Nc2ccc(N)nc2)cn1. The molecule has 0 spiro atoms. The molecule has 2 aromatic heterocycles. The number of halogens is 2. The topological polar surface area (TPSA) is 85.8 Å². The number of nitrogens with two attached hydrogens (primary N) is 1. The average Bonchev–Trinajstić information content (AvgIpc) is 2.76. The minimum Gasteiger partial charge on any atom is -0.384 e. The number of hydrogen-bond donors (Lipinski definition) is 2. The lowest BCUT2D eigenvalue weighted by atomic mass is 10.2. The minimum atomic E-state index is -0.0505. The van der Waals surface area contributed by atoms with Crippen molar-refractivity contribution in [1.29, 1.82) is 0 Å².